The van der Waals surface area contributed by atoms with Gasteiger partial charge >= 0.3 is 0 Å². The zero-order valence-corrected chi connectivity index (χ0v) is 17.9. The molecule has 4 rings (SSSR count). The third-order valence-corrected chi connectivity index (χ3v) is 5.88. The highest BCUT2D eigenvalue weighted by Crippen LogP contribution is 2.41. The van der Waals surface area contributed by atoms with Crippen molar-refractivity contribution in [2.24, 2.45) is 0 Å². The fourth-order valence-electron chi connectivity index (χ4n) is 3.69. The first-order chi connectivity index (χ1) is 13.7. The van der Waals surface area contributed by atoms with Gasteiger partial charge in [0.05, 0.1) is 26.4 Å². The van der Waals surface area contributed by atoms with E-state index in [1.54, 1.807) is 9.08 Å². The number of hydrogen-bond donors (Lipinski definition) is 1. The summed E-state index contributed by atoms with van der Waals surface area (Å²) in [4.78, 5) is 16.3. The largest absolute Gasteiger partial charge is 0.351 e. The smallest absolute Gasteiger partial charge is 0.242 e. The van der Waals surface area contributed by atoms with Crippen LogP contribution in [0.5, 0.6) is 0 Å². The van der Waals surface area contributed by atoms with Gasteiger partial charge in [0.2, 0.25) is 6.41 Å². The van der Waals surface area contributed by atoms with E-state index in [4.69, 9.17) is 4.74 Å². The number of hydrogen-bond acceptors (Lipinski definition) is 6. The van der Waals surface area contributed by atoms with Gasteiger partial charge < -0.3 is 9.84 Å². The Labute approximate surface area is 172 Å². The molecule has 1 N–H and O–H groups in total. The molecule has 0 bridgehead atoms. The van der Waals surface area contributed by atoms with E-state index in [1.807, 2.05) is 46.0 Å². The Kier molecular flexibility index (Phi) is 4.80. The summed E-state index contributed by atoms with van der Waals surface area (Å²) in [6, 6.07) is 3.86. The van der Waals surface area contributed by atoms with Gasteiger partial charge in [-0.05, 0) is 57.4 Å². The van der Waals surface area contributed by atoms with E-state index in [1.165, 1.54) is 17.7 Å². The summed E-state index contributed by atoms with van der Waals surface area (Å²) in [7, 11) is 0. The van der Waals surface area contributed by atoms with E-state index in [-0.39, 0.29) is 0 Å². The van der Waals surface area contributed by atoms with Crippen LogP contribution in [0.2, 0.25) is 0 Å². The molecule has 152 valence electrons. The number of thiophene rings is 1. The van der Waals surface area contributed by atoms with Crippen molar-refractivity contribution in [2.75, 3.05) is 0 Å². The summed E-state index contributed by atoms with van der Waals surface area (Å²) in [5.74, 6) is 0. The van der Waals surface area contributed by atoms with Crippen molar-refractivity contribution >= 4 is 33.5 Å². The number of ether oxygens (including phenoxy) is 1. The van der Waals surface area contributed by atoms with Gasteiger partial charge in [-0.25, -0.2) is 9.50 Å². The summed E-state index contributed by atoms with van der Waals surface area (Å²) in [5, 5.41) is 15.3. The lowest BCUT2D eigenvalue weighted by Crippen LogP contribution is -2.26. The molecule has 0 saturated heterocycles. The number of pyridine rings is 1. The maximum atomic E-state index is 11.4. The van der Waals surface area contributed by atoms with Crippen LogP contribution in [0.25, 0.3) is 27.1 Å². The first kappa shape index (κ1) is 19.8. The van der Waals surface area contributed by atoms with Crippen LogP contribution in [0.1, 0.15) is 54.9 Å². The van der Waals surface area contributed by atoms with Crippen molar-refractivity contribution in [1.82, 2.24) is 19.2 Å². The Morgan fingerprint density at radius 1 is 1.34 bits per heavy atom. The second-order valence-electron chi connectivity index (χ2n) is 8.03. The molecule has 0 spiro atoms. The Hall–Kier alpha value is -2.55. The van der Waals surface area contributed by atoms with Crippen LogP contribution in [-0.2, 0) is 11.2 Å². The lowest BCUT2D eigenvalue weighted by Gasteiger charge is -2.26. The summed E-state index contributed by atoms with van der Waals surface area (Å²) >= 11 is 1.43. The van der Waals surface area contributed by atoms with Crippen LogP contribution in [0.3, 0.4) is 0 Å². The fourth-order valence-corrected chi connectivity index (χ4v) is 4.77. The molecule has 0 radical (unpaired) electrons. The molecule has 0 fully saturated rings. The molecular weight excluding hydrogens is 388 g/mol. The van der Waals surface area contributed by atoms with Crippen molar-refractivity contribution in [2.45, 2.75) is 53.1 Å². The molecule has 0 saturated carbocycles. The summed E-state index contributed by atoms with van der Waals surface area (Å²) in [6.45, 7) is 9.75. The van der Waals surface area contributed by atoms with Gasteiger partial charge in [-0.15, -0.1) is 11.3 Å². The van der Waals surface area contributed by atoms with E-state index >= 15 is 0 Å². The van der Waals surface area contributed by atoms with E-state index in [2.05, 4.69) is 17.0 Å². The molecule has 0 amide bonds. The summed E-state index contributed by atoms with van der Waals surface area (Å²) < 4.78 is 10.4. The SMILES string of the molecule is CCc1c(-c2cc(C)c3ncnn3c2)n(C(O)OC(C)(C)C)c2cc(C=O)sc12. The Morgan fingerprint density at radius 2 is 2.10 bits per heavy atom. The lowest BCUT2D eigenvalue weighted by atomic mass is 10.1. The quantitative estimate of drug-likeness (QED) is 0.389. The second-order valence-corrected chi connectivity index (χ2v) is 9.11. The number of aryl methyl sites for hydroxylation is 2. The molecule has 0 aliphatic carbocycles. The molecule has 4 aromatic heterocycles. The van der Waals surface area contributed by atoms with Gasteiger partial charge in [0, 0.05) is 11.8 Å². The van der Waals surface area contributed by atoms with Crippen LogP contribution >= 0.6 is 11.3 Å². The number of carbonyl (C=O) groups is 1. The average molecular weight is 413 g/mol. The van der Waals surface area contributed by atoms with Crippen molar-refractivity contribution in [3.63, 3.8) is 0 Å². The minimum absolute atomic E-state index is 0.547. The molecule has 0 aliphatic rings. The number of aromatic nitrogens is 4. The second kappa shape index (κ2) is 7.05. The summed E-state index contributed by atoms with van der Waals surface area (Å²) in [5.41, 5.74) is 4.85. The lowest BCUT2D eigenvalue weighted by molar-refractivity contribution is -0.207. The molecule has 8 heteroatoms. The zero-order valence-electron chi connectivity index (χ0n) is 17.1. The number of aliphatic hydroxyl groups is 1. The van der Waals surface area contributed by atoms with E-state index in [9.17, 15) is 9.90 Å². The number of carbonyl (C=O) groups excluding carboxylic acids is 1. The Balaban J connectivity index is 2.03. The van der Waals surface area contributed by atoms with Gasteiger partial charge in [0.25, 0.3) is 0 Å². The number of rotatable bonds is 5. The number of aliphatic hydroxyl groups excluding tert-OH is 1. The predicted octanol–water partition coefficient (Wildman–Crippen LogP) is 4.36. The first-order valence-electron chi connectivity index (χ1n) is 9.51. The van der Waals surface area contributed by atoms with Gasteiger partial charge in [-0.2, -0.15) is 5.10 Å². The molecule has 1 atom stereocenters. The number of nitrogens with zero attached hydrogens (tertiary/aromatic N) is 4. The van der Waals surface area contributed by atoms with Crippen LogP contribution in [0.4, 0.5) is 0 Å². The van der Waals surface area contributed by atoms with Crippen molar-refractivity contribution < 1.29 is 14.6 Å². The molecule has 4 heterocycles. The van der Waals surface area contributed by atoms with Gasteiger partial charge in [-0.3, -0.25) is 9.36 Å². The van der Waals surface area contributed by atoms with Crippen LogP contribution in [0, 0.1) is 6.92 Å². The first-order valence-corrected chi connectivity index (χ1v) is 10.3. The predicted molar refractivity (Wildman–Crippen MR) is 113 cm³/mol. The van der Waals surface area contributed by atoms with Crippen molar-refractivity contribution in [3.05, 3.63) is 40.7 Å². The average Bonchev–Trinajstić information content (AvgIpc) is 3.32. The number of fused-ring (bicyclic) bond motifs is 2. The topological polar surface area (TPSA) is 81.7 Å². The highest BCUT2D eigenvalue weighted by Gasteiger charge is 2.27. The van der Waals surface area contributed by atoms with Crippen LogP contribution < -0.4 is 0 Å². The molecule has 0 aromatic carbocycles. The zero-order chi connectivity index (χ0) is 20.9. The van der Waals surface area contributed by atoms with Crippen LogP contribution in [0.15, 0.2) is 24.7 Å². The van der Waals surface area contributed by atoms with Crippen molar-refractivity contribution in [3.8, 4) is 11.3 Å². The standard InChI is InChI=1S/C21H24N4O3S/c1-6-15-17(13-7-12(2)19-22-11-23-24(19)9-13)25(20(27)28-21(3,4)5)16-8-14(10-26)29-18(15)16/h7-11,20,27H,6H2,1-5H3. The maximum absolute atomic E-state index is 11.4. The fraction of sp³-hybridized carbons (Fsp3) is 0.381. The molecule has 29 heavy (non-hydrogen) atoms. The maximum Gasteiger partial charge on any atom is 0.242 e. The normalized spacial score (nSPS) is 13.4. The minimum Gasteiger partial charge on any atom is -0.351 e. The summed E-state index contributed by atoms with van der Waals surface area (Å²) in [6.07, 6.45) is 3.83. The monoisotopic (exact) mass is 412 g/mol. The number of aldehydes is 1. The third kappa shape index (κ3) is 3.37. The minimum atomic E-state index is -1.20. The van der Waals surface area contributed by atoms with E-state index in [0.29, 0.717) is 4.88 Å². The highest BCUT2D eigenvalue weighted by molar-refractivity contribution is 7.20. The van der Waals surface area contributed by atoms with Crippen LogP contribution in [-0.4, -0.2) is 36.2 Å². The van der Waals surface area contributed by atoms with E-state index < -0.39 is 12.0 Å². The highest BCUT2D eigenvalue weighted by atomic mass is 32.1. The van der Waals surface area contributed by atoms with Gasteiger partial charge in [0.15, 0.2) is 11.9 Å². The molecule has 7 nitrogen and oxygen atoms in total. The molecular formula is C21H24N4O3S. The third-order valence-electron chi connectivity index (χ3n) is 4.77. The van der Waals surface area contributed by atoms with Gasteiger partial charge in [-0.1, -0.05) is 6.92 Å². The molecule has 4 aromatic rings. The molecule has 1 unspecified atom stereocenters. The van der Waals surface area contributed by atoms with Crippen molar-refractivity contribution in [1.29, 1.82) is 0 Å². The Bertz CT molecular complexity index is 1210. The Morgan fingerprint density at radius 3 is 2.76 bits per heavy atom. The van der Waals surface area contributed by atoms with E-state index in [0.717, 1.165) is 51.0 Å². The van der Waals surface area contributed by atoms with Gasteiger partial charge in [0.1, 0.15) is 6.33 Å². The molecule has 0 aliphatic heterocycles.